The standard InChI is InChI=1S/C36H49BrN6O4/c1-26-8-9-27(24-31(26)37)25-33(34(44)41-17-11-29(12-18-41)40-16-5-15-39(2)22-23-40)47-36(46)42-19-13-30(14-20-42)43-21-10-28-6-3-4-7-32(28)38-35(43)45/h3-4,6-9,24,29-30,33H,5,10-23,25H2,1-2H3,(H,38,45)/t33-/m1/s1. The fourth-order valence-corrected chi connectivity index (χ4v) is 7.96. The Balaban J connectivity index is 1.07. The lowest BCUT2D eigenvalue weighted by molar-refractivity contribution is -0.142. The van der Waals surface area contributed by atoms with E-state index in [0.717, 1.165) is 72.3 Å². The van der Waals surface area contributed by atoms with Crippen molar-refractivity contribution in [2.45, 2.75) is 70.1 Å². The first-order valence-electron chi connectivity index (χ1n) is 17.3. The van der Waals surface area contributed by atoms with Crippen LogP contribution in [0.25, 0.3) is 0 Å². The minimum Gasteiger partial charge on any atom is -0.436 e. The molecule has 1 N–H and O–H groups in total. The number of fused-ring (bicyclic) bond motifs is 1. The molecule has 3 saturated heterocycles. The van der Waals surface area contributed by atoms with Gasteiger partial charge in [0.25, 0.3) is 5.91 Å². The van der Waals surface area contributed by atoms with Gasteiger partial charge >= 0.3 is 12.1 Å². The number of piperidine rings is 2. The van der Waals surface area contributed by atoms with Crippen molar-refractivity contribution >= 4 is 39.6 Å². The second-order valence-corrected chi connectivity index (χ2v) is 14.5. The molecule has 0 radical (unpaired) electrons. The third-order valence-electron chi connectivity index (χ3n) is 10.5. The lowest BCUT2D eigenvalue weighted by Crippen LogP contribution is -2.52. The summed E-state index contributed by atoms with van der Waals surface area (Å²) in [5.41, 5.74) is 4.07. The van der Waals surface area contributed by atoms with Gasteiger partial charge in [-0.25, -0.2) is 9.59 Å². The zero-order chi connectivity index (χ0) is 32.9. The summed E-state index contributed by atoms with van der Waals surface area (Å²) in [5.74, 6) is -0.111. The number of urea groups is 1. The Morgan fingerprint density at radius 3 is 2.38 bits per heavy atom. The fourth-order valence-electron chi connectivity index (χ4n) is 7.54. The Hall–Kier alpha value is -3.15. The van der Waals surface area contributed by atoms with Gasteiger partial charge in [-0.15, -0.1) is 0 Å². The molecule has 3 fully saturated rings. The fraction of sp³-hybridized carbons (Fsp3) is 0.583. The number of amides is 4. The van der Waals surface area contributed by atoms with Crippen LogP contribution in [-0.2, 0) is 22.4 Å². The second kappa shape index (κ2) is 15.4. The number of hydrogen-bond donors (Lipinski definition) is 1. The van der Waals surface area contributed by atoms with Crippen molar-refractivity contribution in [3.8, 4) is 0 Å². The van der Waals surface area contributed by atoms with Crippen molar-refractivity contribution in [2.75, 3.05) is 71.3 Å². The van der Waals surface area contributed by atoms with Gasteiger partial charge < -0.3 is 29.7 Å². The van der Waals surface area contributed by atoms with E-state index in [-0.39, 0.29) is 18.0 Å². The highest BCUT2D eigenvalue weighted by atomic mass is 79.9. The predicted octanol–water partition coefficient (Wildman–Crippen LogP) is 4.99. The lowest BCUT2D eigenvalue weighted by Gasteiger charge is -2.40. The van der Waals surface area contributed by atoms with Gasteiger partial charge in [-0.1, -0.05) is 46.3 Å². The zero-order valence-electron chi connectivity index (χ0n) is 27.8. The highest BCUT2D eigenvalue weighted by Gasteiger charge is 2.36. The largest absolute Gasteiger partial charge is 0.436 e. The van der Waals surface area contributed by atoms with Crippen molar-refractivity contribution in [3.05, 3.63) is 63.6 Å². The number of halogens is 1. The summed E-state index contributed by atoms with van der Waals surface area (Å²) in [5, 5.41) is 3.06. The van der Waals surface area contributed by atoms with E-state index in [4.69, 9.17) is 4.74 Å². The molecular weight excluding hydrogens is 660 g/mol. The molecule has 2 aromatic rings. The summed E-state index contributed by atoms with van der Waals surface area (Å²) >= 11 is 3.62. The summed E-state index contributed by atoms with van der Waals surface area (Å²) in [6.07, 6.45) is 4.16. The van der Waals surface area contributed by atoms with Crippen LogP contribution < -0.4 is 5.32 Å². The summed E-state index contributed by atoms with van der Waals surface area (Å²) in [6.45, 7) is 9.39. The maximum absolute atomic E-state index is 14.0. The van der Waals surface area contributed by atoms with E-state index in [1.54, 1.807) is 4.90 Å². The number of aryl methyl sites for hydroxylation is 1. The van der Waals surface area contributed by atoms with E-state index in [1.165, 1.54) is 6.42 Å². The van der Waals surface area contributed by atoms with Crippen molar-refractivity contribution in [1.29, 1.82) is 0 Å². The van der Waals surface area contributed by atoms with Crippen molar-refractivity contribution in [1.82, 2.24) is 24.5 Å². The SMILES string of the molecule is Cc1ccc(C[C@@H](OC(=O)N2CCC(N3CCc4ccccc4NC3=O)CC2)C(=O)N2CCC(N3CCCN(C)CC3)CC2)cc1Br. The van der Waals surface area contributed by atoms with Gasteiger partial charge in [0.1, 0.15) is 0 Å². The second-order valence-electron chi connectivity index (χ2n) is 13.7. The van der Waals surface area contributed by atoms with Gasteiger partial charge in [-0.2, -0.15) is 0 Å². The first-order valence-corrected chi connectivity index (χ1v) is 18.1. The number of para-hydroxylation sites is 1. The summed E-state index contributed by atoms with van der Waals surface area (Å²) in [4.78, 5) is 51.2. The maximum atomic E-state index is 14.0. The molecule has 0 unspecified atom stereocenters. The van der Waals surface area contributed by atoms with Crippen molar-refractivity contribution < 1.29 is 19.1 Å². The monoisotopic (exact) mass is 708 g/mol. The number of hydrogen-bond acceptors (Lipinski definition) is 6. The molecule has 0 spiro atoms. The normalized spacial score (nSPS) is 21.4. The molecule has 4 aliphatic heterocycles. The lowest BCUT2D eigenvalue weighted by atomic mass is 10.0. The summed E-state index contributed by atoms with van der Waals surface area (Å²) in [6, 6.07) is 14.4. The van der Waals surface area contributed by atoms with E-state index in [2.05, 4.69) is 44.2 Å². The van der Waals surface area contributed by atoms with Crippen LogP contribution in [0.2, 0.25) is 0 Å². The number of benzene rings is 2. The van der Waals surface area contributed by atoms with E-state index >= 15 is 0 Å². The van der Waals surface area contributed by atoms with Gasteiger partial charge in [-0.05, 0) is 94.4 Å². The summed E-state index contributed by atoms with van der Waals surface area (Å²) in [7, 11) is 2.19. The smallest absolute Gasteiger partial charge is 0.410 e. The molecule has 0 aromatic heterocycles. The molecule has 4 amide bonds. The molecule has 0 saturated carbocycles. The molecule has 11 heteroatoms. The van der Waals surface area contributed by atoms with E-state index < -0.39 is 12.2 Å². The number of rotatable bonds is 6. The summed E-state index contributed by atoms with van der Waals surface area (Å²) < 4.78 is 7.06. The third-order valence-corrected chi connectivity index (χ3v) is 11.4. The van der Waals surface area contributed by atoms with Crippen LogP contribution in [0.15, 0.2) is 46.9 Å². The Labute approximate surface area is 287 Å². The molecule has 2 aromatic carbocycles. The number of carbonyl (C=O) groups excluding carboxylic acids is 3. The maximum Gasteiger partial charge on any atom is 0.410 e. The number of nitrogens with zero attached hydrogens (tertiary/aromatic N) is 5. The van der Waals surface area contributed by atoms with Gasteiger partial charge in [0.15, 0.2) is 6.10 Å². The molecule has 0 aliphatic carbocycles. The molecule has 6 rings (SSSR count). The Morgan fingerprint density at radius 2 is 1.62 bits per heavy atom. The minimum atomic E-state index is -0.895. The Kier molecular flexibility index (Phi) is 11.0. The third kappa shape index (κ3) is 8.29. The highest BCUT2D eigenvalue weighted by molar-refractivity contribution is 9.10. The van der Waals surface area contributed by atoms with Crippen LogP contribution in [0, 0.1) is 6.92 Å². The predicted molar refractivity (Wildman–Crippen MR) is 187 cm³/mol. The number of likely N-dealkylation sites (tertiary alicyclic amines) is 2. The number of carbonyl (C=O) groups is 3. The molecule has 254 valence electrons. The van der Waals surface area contributed by atoms with Gasteiger partial charge in [-0.3, -0.25) is 9.69 Å². The number of likely N-dealkylation sites (N-methyl/N-ethyl adjacent to an activating group) is 1. The molecule has 1 atom stereocenters. The highest BCUT2D eigenvalue weighted by Crippen LogP contribution is 2.26. The molecule has 47 heavy (non-hydrogen) atoms. The number of nitrogens with one attached hydrogen (secondary N) is 1. The van der Waals surface area contributed by atoms with E-state index in [9.17, 15) is 14.4 Å². The zero-order valence-corrected chi connectivity index (χ0v) is 29.4. The molecular formula is C36H49BrN6O4. The van der Waals surface area contributed by atoms with Gasteiger partial charge in [0.2, 0.25) is 0 Å². The van der Waals surface area contributed by atoms with Crippen LogP contribution in [0.1, 0.15) is 48.8 Å². The van der Waals surface area contributed by atoms with E-state index in [0.29, 0.717) is 58.0 Å². The first kappa shape index (κ1) is 33.7. The average Bonchev–Trinajstić information content (AvgIpc) is 3.40. The number of anilines is 1. The Bertz CT molecular complexity index is 1420. The van der Waals surface area contributed by atoms with Crippen LogP contribution >= 0.6 is 15.9 Å². The van der Waals surface area contributed by atoms with E-state index in [1.807, 2.05) is 53.1 Å². The molecule has 4 aliphatic rings. The number of ether oxygens (including phenoxy) is 1. The first-order chi connectivity index (χ1) is 22.7. The minimum absolute atomic E-state index is 0.0431. The van der Waals surface area contributed by atoms with Crippen LogP contribution in [0.4, 0.5) is 15.3 Å². The van der Waals surface area contributed by atoms with Crippen LogP contribution in [0.3, 0.4) is 0 Å². The quantitative estimate of drug-likeness (QED) is 0.455. The van der Waals surface area contributed by atoms with Crippen molar-refractivity contribution in [3.63, 3.8) is 0 Å². The van der Waals surface area contributed by atoms with Crippen LogP contribution in [-0.4, -0.2) is 127 Å². The topological polar surface area (TPSA) is 88.7 Å². The average molecular weight is 710 g/mol. The molecule has 4 heterocycles. The van der Waals surface area contributed by atoms with Gasteiger partial charge in [0, 0.05) is 74.5 Å². The molecule has 0 bridgehead atoms. The van der Waals surface area contributed by atoms with Gasteiger partial charge in [0.05, 0.1) is 0 Å². The molecule has 10 nitrogen and oxygen atoms in total. The Morgan fingerprint density at radius 1 is 0.894 bits per heavy atom. The van der Waals surface area contributed by atoms with Crippen LogP contribution in [0.5, 0.6) is 0 Å². The van der Waals surface area contributed by atoms with Crippen molar-refractivity contribution in [2.24, 2.45) is 0 Å².